The number of thiocarbonyl (C=S) groups is 1. The van der Waals surface area contributed by atoms with Crippen molar-refractivity contribution in [2.24, 2.45) is 5.73 Å². The maximum Gasteiger partial charge on any atom is 0.161 e. The molecule has 0 amide bonds. The van der Waals surface area contributed by atoms with E-state index in [1.165, 1.54) is 24.3 Å². The predicted molar refractivity (Wildman–Crippen MR) is 87.4 cm³/mol. The van der Waals surface area contributed by atoms with Gasteiger partial charge in [-0.1, -0.05) is 12.2 Å². The molecule has 0 radical (unpaired) electrons. The number of nitrogens with one attached hydrogen (secondary N) is 1. The lowest BCUT2D eigenvalue weighted by Crippen LogP contribution is -2.11. The molecule has 0 spiro atoms. The number of benzene rings is 2. The SMILES string of the molecule is NC(=S)c1ccc(Nc2ccc(F)cc2Br)c(F)c1Br. The van der Waals surface area contributed by atoms with E-state index in [4.69, 9.17) is 18.0 Å². The van der Waals surface area contributed by atoms with E-state index in [0.717, 1.165) is 0 Å². The minimum Gasteiger partial charge on any atom is -0.389 e. The van der Waals surface area contributed by atoms with Crippen LogP contribution in [0.3, 0.4) is 0 Å². The molecule has 0 fully saturated rings. The van der Waals surface area contributed by atoms with Gasteiger partial charge in [-0.25, -0.2) is 8.78 Å². The molecule has 0 aliphatic heterocycles. The lowest BCUT2D eigenvalue weighted by molar-refractivity contribution is 0.624. The Kier molecular flexibility index (Phi) is 4.72. The largest absolute Gasteiger partial charge is 0.389 e. The van der Waals surface area contributed by atoms with E-state index in [-0.39, 0.29) is 21.0 Å². The average Bonchev–Trinajstić information content (AvgIpc) is 2.37. The number of hydrogen-bond donors (Lipinski definition) is 2. The van der Waals surface area contributed by atoms with Crippen LogP contribution in [0.4, 0.5) is 20.2 Å². The fraction of sp³-hybridized carbons (Fsp3) is 0. The molecule has 0 aromatic heterocycles. The van der Waals surface area contributed by atoms with Gasteiger partial charge in [-0.2, -0.15) is 0 Å². The van der Waals surface area contributed by atoms with Gasteiger partial charge in [-0.3, -0.25) is 0 Å². The van der Waals surface area contributed by atoms with E-state index >= 15 is 0 Å². The standard InChI is InChI=1S/C13H8Br2F2N2S/c14-8-5-6(16)1-3-9(8)19-10-4-2-7(13(18)20)11(15)12(10)17/h1-5,19H,(H2,18,20). The van der Waals surface area contributed by atoms with Crippen molar-refractivity contribution < 1.29 is 8.78 Å². The Balaban J connectivity index is 2.39. The molecule has 0 bridgehead atoms. The normalized spacial score (nSPS) is 10.4. The third kappa shape index (κ3) is 3.16. The maximum atomic E-state index is 14.2. The van der Waals surface area contributed by atoms with Gasteiger partial charge in [0.15, 0.2) is 5.82 Å². The monoisotopic (exact) mass is 420 g/mol. The van der Waals surface area contributed by atoms with Gasteiger partial charge >= 0.3 is 0 Å². The molecule has 2 rings (SSSR count). The molecular weight excluding hydrogens is 414 g/mol. The summed E-state index contributed by atoms with van der Waals surface area (Å²) in [5.74, 6) is -0.903. The molecule has 7 heteroatoms. The van der Waals surface area contributed by atoms with Gasteiger partial charge in [0.25, 0.3) is 0 Å². The van der Waals surface area contributed by atoms with Crippen LogP contribution in [0, 0.1) is 11.6 Å². The van der Waals surface area contributed by atoms with Crippen LogP contribution < -0.4 is 11.1 Å². The van der Waals surface area contributed by atoms with Crippen molar-refractivity contribution in [3.63, 3.8) is 0 Å². The molecule has 0 aliphatic rings. The molecule has 2 aromatic rings. The first-order chi connectivity index (χ1) is 9.40. The molecule has 0 saturated heterocycles. The Morgan fingerprint density at radius 3 is 2.35 bits per heavy atom. The third-order valence-corrected chi connectivity index (χ3v) is 4.20. The van der Waals surface area contributed by atoms with Crippen molar-refractivity contribution >= 4 is 60.4 Å². The maximum absolute atomic E-state index is 14.2. The summed E-state index contributed by atoms with van der Waals surface area (Å²) in [6, 6.07) is 7.20. The Morgan fingerprint density at radius 2 is 1.75 bits per heavy atom. The van der Waals surface area contributed by atoms with Crippen LogP contribution >= 0.6 is 44.1 Å². The summed E-state index contributed by atoms with van der Waals surface area (Å²) in [6.07, 6.45) is 0. The fourth-order valence-corrected chi connectivity index (χ4v) is 2.88. The van der Waals surface area contributed by atoms with Crippen LogP contribution in [-0.4, -0.2) is 4.99 Å². The first-order valence-corrected chi connectivity index (χ1v) is 7.39. The Bertz CT molecular complexity index is 692. The smallest absolute Gasteiger partial charge is 0.161 e. The van der Waals surface area contributed by atoms with Gasteiger partial charge in [0.05, 0.1) is 15.8 Å². The highest BCUT2D eigenvalue weighted by molar-refractivity contribution is 9.11. The molecule has 0 unspecified atom stereocenters. The Hall–Kier alpha value is -1.05. The summed E-state index contributed by atoms with van der Waals surface area (Å²) in [5, 5.41) is 2.87. The van der Waals surface area contributed by atoms with Crippen molar-refractivity contribution in [1.82, 2.24) is 0 Å². The molecule has 0 saturated carbocycles. The molecule has 3 N–H and O–H groups in total. The van der Waals surface area contributed by atoms with Crippen LogP contribution in [0.1, 0.15) is 5.56 Å². The number of rotatable bonds is 3. The second kappa shape index (κ2) is 6.15. The van der Waals surface area contributed by atoms with Gasteiger partial charge in [-0.15, -0.1) is 0 Å². The summed E-state index contributed by atoms with van der Waals surface area (Å²) in [6.45, 7) is 0. The molecule has 104 valence electrons. The van der Waals surface area contributed by atoms with Crippen molar-refractivity contribution in [3.8, 4) is 0 Å². The second-order valence-electron chi connectivity index (χ2n) is 3.90. The van der Waals surface area contributed by atoms with Gasteiger partial charge in [0, 0.05) is 10.0 Å². The van der Waals surface area contributed by atoms with E-state index in [1.54, 1.807) is 6.07 Å². The Labute approximate surface area is 136 Å². The summed E-state index contributed by atoms with van der Waals surface area (Å²) in [5.41, 5.74) is 6.68. The fourth-order valence-electron chi connectivity index (χ4n) is 1.57. The zero-order chi connectivity index (χ0) is 14.9. The summed E-state index contributed by atoms with van der Waals surface area (Å²) >= 11 is 11.2. The van der Waals surface area contributed by atoms with Crippen LogP contribution in [0.25, 0.3) is 0 Å². The second-order valence-corrected chi connectivity index (χ2v) is 5.99. The first kappa shape index (κ1) is 15.3. The average molecular weight is 422 g/mol. The first-order valence-electron chi connectivity index (χ1n) is 5.40. The molecule has 0 heterocycles. The predicted octanol–water partition coefficient (Wildman–Crippen LogP) is 4.87. The van der Waals surface area contributed by atoms with Crippen molar-refractivity contribution in [2.75, 3.05) is 5.32 Å². The molecule has 2 aromatic carbocycles. The van der Waals surface area contributed by atoms with E-state index in [1.807, 2.05) is 0 Å². The van der Waals surface area contributed by atoms with E-state index in [2.05, 4.69) is 37.2 Å². The Morgan fingerprint density at radius 1 is 1.10 bits per heavy atom. The van der Waals surface area contributed by atoms with Gasteiger partial charge < -0.3 is 11.1 Å². The lowest BCUT2D eigenvalue weighted by atomic mass is 10.2. The number of nitrogens with two attached hydrogens (primary N) is 1. The van der Waals surface area contributed by atoms with E-state index < -0.39 is 5.82 Å². The van der Waals surface area contributed by atoms with Gasteiger partial charge in [0.1, 0.15) is 10.8 Å². The number of anilines is 2. The lowest BCUT2D eigenvalue weighted by Gasteiger charge is -2.12. The van der Waals surface area contributed by atoms with Crippen LogP contribution in [0.15, 0.2) is 39.3 Å². The molecule has 0 aliphatic carbocycles. The van der Waals surface area contributed by atoms with Crippen molar-refractivity contribution in [1.29, 1.82) is 0 Å². The summed E-state index contributed by atoms with van der Waals surface area (Å²) < 4.78 is 27.9. The minimum atomic E-state index is -0.522. The van der Waals surface area contributed by atoms with Crippen LogP contribution in [0.2, 0.25) is 0 Å². The highest BCUT2D eigenvalue weighted by Gasteiger charge is 2.13. The zero-order valence-electron chi connectivity index (χ0n) is 9.88. The molecule has 2 nitrogen and oxygen atoms in total. The molecular formula is C13H8Br2F2N2S. The van der Waals surface area contributed by atoms with Crippen LogP contribution in [0.5, 0.6) is 0 Å². The summed E-state index contributed by atoms with van der Waals surface area (Å²) in [7, 11) is 0. The quantitative estimate of drug-likeness (QED) is 0.694. The van der Waals surface area contributed by atoms with Crippen molar-refractivity contribution in [3.05, 3.63) is 56.5 Å². The third-order valence-electron chi connectivity index (χ3n) is 2.55. The van der Waals surface area contributed by atoms with Crippen LogP contribution in [-0.2, 0) is 0 Å². The number of halogens is 4. The van der Waals surface area contributed by atoms with E-state index in [9.17, 15) is 8.78 Å². The van der Waals surface area contributed by atoms with Gasteiger partial charge in [0.2, 0.25) is 0 Å². The highest BCUT2D eigenvalue weighted by atomic mass is 79.9. The molecule has 0 atom stereocenters. The van der Waals surface area contributed by atoms with Gasteiger partial charge in [-0.05, 0) is 62.2 Å². The zero-order valence-corrected chi connectivity index (χ0v) is 13.9. The van der Waals surface area contributed by atoms with Crippen molar-refractivity contribution in [2.45, 2.75) is 0 Å². The summed E-state index contributed by atoms with van der Waals surface area (Å²) in [4.78, 5) is 0.102. The molecule has 20 heavy (non-hydrogen) atoms. The topological polar surface area (TPSA) is 38.0 Å². The highest BCUT2D eigenvalue weighted by Crippen LogP contribution is 2.32. The minimum absolute atomic E-state index is 0.102. The van der Waals surface area contributed by atoms with E-state index in [0.29, 0.717) is 15.7 Å². The number of hydrogen-bond acceptors (Lipinski definition) is 2.